The van der Waals surface area contributed by atoms with Gasteiger partial charge in [-0.2, -0.15) is 9.47 Å². The Kier molecular flexibility index (Phi) is 4.92. The number of aromatic nitrogens is 8. The monoisotopic (exact) mass is 513 g/mol. The van der Waals surface area contributed by atoms with Gasteiger partial charge in [0.1, 0.15) is 35.8 Å². The molecule has 1 unspecified atom stereocenters. The molecule has 1 aliphatic rings. The first kappa shape index (κ1) is 20.7. The summed E-state index contributed by atoms with van der Waals surface area (Å²) < 4.78 is 16.0. The minimum Gasteiger partial charge on any atom is -0.443 e. The van der Waals surface area contributed by atoms with Crippen molar-refractivity contribution in [3.05, 3.63) is 101 Å². The van der Waals surface area contributed by atoms with Crippen LogP contribution in [0.4, 0.5) is 5.13 Å². The number of oxazole rings is 1. The Bertz CT molecular complexity index is 1490. The van der Waals surface area contributed by atoms with Crippen LogP contribution in [0, 0.1) is 0 Å². The summed E-state index contributed by atoms with van der Waals surface area (Å²) in [6.45, 7) is 0. The standard InChI is InChI=1S/C23H15N9O2S2/c1-4-28-29-15(1)19-17(13-2-9-34-30-13)16(14-3-11-36-31-14)18(21-24-5-6-25-21)20(22-26-7-10-33-22)32(19)23-27-8-12-35-23/h1-12,19H,(H,24,25)(H,28,29). The number of H-pyrrole nitrogens is 2. The first-order chi connectivity index (χ1) is 17.9. The van der Waals surface area contributed by atoms with Crippen molar-refractivity contribution in [3.8, 4) is 0 Å². The van der Waals surface area contributed by atoms with Gasteiger partial charge in [0.25, 0.3) is 0 Å². The average Bonchev–Trinajstić information content (AvgIpc) is 3.78. The molecule has 13 heteroatoms. The lowest BCUT2D eigenvalue weighted by atomic mass is 9.83. The van der Waals surface area contributed by atoms with E-state index < -0.39 is 6.04 Å². The molecule has 0 fully saturated rings. The average molecular weight is 514 g/mol. The zero-order valence-electron chi connectivity index (χ0n) is 18.3. The van der Waals surface area contributed by atoms with Gasteiger partial charge >= 0.3 is 0 Å². The predicted molar refractivity (Wildman–Crippen MR) is 133 cm³/mol. The van der Waals surface area contributed by atoms with E-state index in [0.29, 0.717) is 23.1 Å². The third-order valence-corrected chi connectivity index (χ3v) is 7.08. The number of hydrogen-bond acceptors (Lipinski definition) is 11. The van der Waals surface area contributed by atoms with Crippen molar-refractivity contribution in [2.24, 2.45) is 0 Å². The topological polar surface area (TPSA) is 138 Å². The third-order valence-electron chi connectivity index (χ3n) is 5.75. The third kappa shape index (κ3) is 3.25. The van der Waals surface area contributed by atoms with E-state index in [1.54, 1.807) is 43.5 Å². The molecule has 0 radical (unpaired) electrons. The Labute approximate surface area is 211 Å². The van der Waals surface area contributed by atoms with E-state index >= 15 is 0 Å². The summed E-state index contributed by atoms with van der Waals surface area (Å²) in [7, 11) is 0. The van der Waals surface area contributed by atoms with E-state index in [2.05, 4.69) is 40.2 Å². The van der Waals surface area contributed by atoms with Gasteiger partial charge in [0.2, 0.25) is 5.89 Å². The number of hydrogen-bond donors (Lipinski definition) is 2. The van der Waals surface area contributed by atoms with Crippen LogP contribution in [0.5, 0.6) is 0 Å². The summed E-state index contributed by atoms with van der Waals surface area (Å²) in [4.78, 5) is 19.2. The highest BCUT2D eigenvalue weighted by atomic mass is 32.1. The largest absolute Gasteiger partial charge is 0.443 e. The Hall–Kier alpha value is -4.62. The molecular weight excluding hydrogens is 498 g/mol. The molecule has 0 aromatic carbocycles. The quantitative estimate of drug-likeness (QED) is 0.323. The summed E-state index contributed by atoms with van der Waals surface area (Å²) in [5.74, 6) is 1.03. The fraction of sp³-hybridized carbons (Fsp3) is 0.0435. The van der Waals surface area contributed by atoms with Gasteiger partial charge in [-0.1, -0.05) is 5.16 Å². The minimum absolute atomic E-state index is 0.410. The summed E-state index contributed by atoms with van der Waals surface area (Å²) in [6.07, 6.45) is 11.7. The second-order valence-electron chi connectivity index (χ2n) is 7.66. The van der Waals surface area contributed by atoms with Gasteiger partial charge in [-0.3, -0.25) is 10.00 Å². The molecule has 1 atom stereocenters. The van der Waals surface area contributed by atoms with Gasteiger partial charge in [-0.25, -0.2) is 15.0 Å². The van der Waals surface area contributed by atoms with Gasteiger partial charge in [-0.15, -0.1) is 11.3 Å². The first-order valence-corrected chi connectivity index (χ1v) is 12.5. The Morgan fingerprint density at radius 3 is 2.58 bits per heavy atom. The van der Waals surface area contributed by atoms with Crippen LogP contribution in [0.15, 0.2) is 81.4 Å². The highest BCUT2D eigenvalue weighted by Gasteiger charge is 2.44. The summed E-state index contributed by atoms with van der Waals surface area (Å²) >= 11 is 2.86. The van der Waals surface area contributed by atoms with E-state index in [1.807, 2.05) is 29.0 Å². The zero-order chi connectivity index (χ0) is 23.9. The van der Waals surface area contributed by atoms with Crippen LogP contribution in [0.1, 0.15) is 34.8 Å². The Balaban J connectivity index is 1.68. The molecule has 0 saturated carbocycles. The molecular formula is C23H15N9O2S2. The summed E-state index contributed by atoms with van der Waals surface area (Å²) in [6, 6.07) is 5.29. The van der Waals surface area contributed by atoms with Crippen LogP contribution < -0.4 is 4.90 Å². The van der Waals surface area contributed by atoms with Gasteiger partial charge in [-0.05, 0) is 23.7 Å². The van der Waals surface area contributed by atoms with Crippen molar-refractivity contribution < 1.29 is 8.94 Å². The molecule has 176 valence electrons. The molecule has 1 aliphatic heterocycles. The number of allylic oxidation sites excluding steroid dienone is 2. The molecule has 0 aliphatic carbocycles. The molecule has 11 nitrogen and oxygen atoms in total. The van der Waals surface area contributed by atoms with E-state index in [0.717, 1.165) is 33.2 Å². The van der Waals surface area contributed by atoms with Crippen LogP contribution in [0.25, 0.3) is 22.4 Å². The normalized spacial score (nSPS) is 16.3. The molecule has 0 amide bonds. The van der Waals surface area contributed by atoms with Gasteiger partial charge in [0.05, 0.1) is 23.2 Å². The fourth-order valence-corrected chi connectivity index (χ4v) is 5.62. The molecule has 6 aromatic rings. The van der Waals surface area contributed by atoms with Gasteiger partial charge in [0.15, 0.2) is 5.13 Å². The fourth-order valence-electron chi connectivity index (χ4n) is 4.43. The smallest absolute Gasteiger partial charge is 0.243 e. The molecule has 36 heavy (non-hydrogen) atoms. The lowest BCUT2D eigenvalue weighted by Gasteiger charge is -2.39. The van der Waals surface area contributed by atoms with Crippen LogP contribution in [0.3, 0.4) is 0 Å². The number of rotatable bonds is 6. The lowest BCUT2D eigenvalue weighted by Crippen LogP contribution is -2.33. The Morgan fingerprint density at radius 2 is 1.92 bits per heavy atom. The highest BCUT2D eigenvalue weighted by molar-refractivity contribution is 7.13. The number of thiazole rings is 1. The highest BCUT2D eigenvalue weighted by Crippen LogP contribution is 2.54. The second kappa shape index (κ2) is 8.55. The SMILES string of the molecule is c1cc(C2C(c3ccon3)=C(c3ccsn3)C(c3ncc[nH]3)=C(c3ncco3)N2c2nccs2)[nH]n1. The summed E-state index contributed by atoms with van der Waals surface area (Å²) in [5.41, 5.74) is 5.32. The van der Waals surface area contributed by atoms with Crippen molar-refractivity contribution in [3.63, 3.8) is 0 Å². The van der Waals surface area contributed by atoms with Crippen LogP contribution in [-0.2, 0) is 0 Å². The number of nitrogens with one attached hydrogen (secondary N) is 2. The van der Waals surface area contributed by atoms with Crippen LogP contribution in [0.2, 0.25) is 0 Å². The van der Waals surface area contributed by atoms with E-state index in [1.165, 1.54) is 22.9 Å². The lowest BCUT2D eigenvalue weighted by molar-refractivity contribution is 0.417. The maximum absolute atomic E-state index is 5.91. The van der Waals surface area contributed by atoms with Gasteiger partial charge < -0.3 is 13.9 Å². The zero-order valence-corrected chi connectivity index (χ0v) is 19.9. The van der Waals surface area contributed by atoms with E-state index in [4.69, 9.17) is 13.3 Å². The van der Waals surface area contributed by atoms with Crippen molar-refractivity contribution >= 4 is 50.4 Å². The molecule has 0 saturated heterocycles. The molecule has 7 rings (SSSR count). The number of anilines is 1. The van der Waals surface area contributed by atoms with Crippen LogP contribution in [-0.4, -0.2) is 39.7 Å². The Morgan fingerprint density at radius 1 is 0.917 bits per heavy atom. The number of aromatic amines is 2. The molecule has 0 spiro atoms. The molecule has 2 N–H and O–H groups in total. The van der Waals surface area contributed by atoms with Gasteiger partial charge in [0, 0.05) is 52.8 Å². The van der Waals surface area contributed by atoms with Crippen molar-refractivity contribution in [2.45, 2.75) is 6.04 Å². The first-order valence-electron chi connectivity index (χ1n) is 10.8. The van der Waals surface area contributed by atoms with Crippen molar-refractivity contribution in [1.29, 1.82) is 0 Å². The van der Waals surface area contributed by atoms with Crippen molar-refractivity contribution in [2.75, 3.05) is 4.90 Å². The van der Waals surface area contributed by atoms with E-state index in [-0.39, 0.29) is 0 Å². The molecule has 7 heterocycles. The minimum atomic E-state index is -0.443. The predicted octanol–water partition coefficient (Wildman–Crippen LogP) is 4.76. The number of nitrogens with zero attached hydrogens (tertiary/aromatic N) is 7. The van der Waals surface area contributed by atoms with Crippen molar-refractivity contribution in [1.82, 2.24) is 39.7 Å². The van der Waals surface area contributed by atoms with E-state index in [9.17, 15) is 0 Å². The maximum Gasteiger partial charge on any atom is 0.243 e. The summed E-state index contributed by atoms with van der Waals surface area (Å²) in [5, 5.41) is 16.3. The number of imidazole rings is 1. The maximum atomic E-state index is 5.91. The molecule has 6 aromatic heterocycles. The molecule has 0 bridgehead atoms. The second-order valence-corrected chi connectivity index (χ2v) is 9.19. The van der Waals surface area contributed by atoms with Crippen LogP contribution >= 0.6 is 22.9 Å².